The summed E-state index contributed by atoms with van der Waals surface area (Å²) in [6.45, 7) is 0. The molecule has 1 aromatic carbocycles. The summed E-state index contributed by atoms with van der Waals surface area (Å²) in [7, 11) is 0. The summed E-state index contributed by atoms with van der Waals surface area (Å²) >= 11 is 1.34. The molecule has 0 atom stereocenters. The molecule has 0 bridgehead atoms. The van der Waals surface area contributed by atoms with Crippen LogP contribution < -0.4 is 0 Å². The molecule has 69 valence electrons. The number of thiazole rings is 1. The van der Waals surface area contributed by atoms with Crippen LogP contribution in [0, 0.1) is 28.2 Å². The number of benzene rings is 1. The van der Waals surface area contributed by atoms with Crippen molar-refractivity contribution in [2.75, 3.05) is 0 Å². The maximum atomic E-state index is 8.99. The quantitative estimate of drug-likeness (QED) is 0.725. The van der Waals surface area contributed by atoms with Crippen molar-refractivity contribution in [3.8, 4) is 23.4 Å². The van der Waals surface area contributed by atoms with Crippen molar-refractivity contribution in [1.29, 1.82) is 10.5 Å². The molecule has 2 rings (SSSR count). The first-order chi connectivity index (χ1) is 7.36. The fourth-order valence-corrected chi connectivity index (χ4v) is 1.78. The van der Waals surface area contributed by atoms with Gasteiger partial charge in [0.1, 0.15) is 12.1 Å². The van der Waals surface area contributed by atoms with E-state index in [9.17, 15) is 0 Å². The monoisotopic (exact) mass is 210 g/mol. The zero-order chi connectivity index (χ0) is 10.7. The Bertz CT molecular complexity index is 559. The Morgan fingerprint density at radius 1 is 1.27 bits per heavy atom. The molecule has 0 saturated heterocycles. The summed E-state index contributed by atoms with van der Waals surface area (Å²) in [4.78, 5) is 4.00. The first kappa shape index (κ1) is 9.39. The lowest BCUT2D eigenvalue weighted by molar-refractivity contribution is 1.37. The van der Waals surface area contributed by atoms with Crippen molar-refractivity contribution in [1.82, 2.24) is 4.98 Å². The maximum absolute atomic E-state index is 8.99. The van der Waals surface area contributed by atoms with Crippen LogP contribution in [0.25, 0.3) is 11.3 Å². The molecule has 0 aliphatic heterocycles. The summed E-state index contributed by atoms with van der Waals surface area (Å²) < 4.78 is 0. The molecule has 0 N–H and O–H groups in total. The molecule has 0 amide bonds. The van der Waals surface area contributed by atoms with Gasteiger partial charge in [-0.15, -0.1) is 11.3 Å². The van der Waals surface area contributed by atoms with Crippen molar-refractivity contribution in [3.63, 3.8) is 0 Å². The summed E-state index contributed by atoms with van der Waals surface area (Å²) in [5.41, 5.74) is 4.85. The predicted octanol–water partition coefficient (Wildman–Crippen LogP) is 2.35. The van der Waals surface area contributed by atoms with E-state index in [1.165, 1.54) is 11.3 Å². The van der Waals surface area contributed by atoms with Crippen LogP contribution in [0.1, 0.15) is 11.1 Å². The number of rotatable bonds is 1. The van der Waals surface area contributed by atoms with E-state index in [-0.39, 0.29) is 0 Å². The minimum atomic E-state index is 0.374. The van der Waals surface area contributed by atoms with Crippen molar-refractivity contribution in [3.05, 3.63) is 40.2 Å². The van der Waals surface area contributed by atoms with Crippen molar-refractivity contribution in [2.45, 2.75) is 0 Å². The van der Waals surface area contributed by atoms with Gasteiger partial charge in [-0.25, -0.2) is 4.98 Å². The van der Waals surface area contributed by atoms with E-state index >= 15 is 0 Å². The number of hydrogen-bond donors (Lipinski definition) is 0. The third-order valence-corrected chi connectivity index (χ3v) is 2.50. The van der Waals surface area contributed by atoms with Crippen LogP contribution in [0.3, 0.4) is 0 Å². The Hall–Kier alpha value is -2.17. The van der Waals surface area contributed by atoms with Gasteiger partial charge in [0.15, 0.2) is 5.51 Å². The highest BCUT2D eigenvalue weighted by atomic mass is 32.1. The molecule has 2 aromatic rings. The fourth-order valence-electron chi connectivity index (χ4n) is 1.29. The second-order valence-electron chi connectivity index (χ2n) is 2.78. The second-order valence-corrected chi connectivity index (χ2v) is 3.43. The lowest BCUT2D eigenvalue weighted by atomic mass is 10.0. The molecule has 0 spiro atoms. The first-order valence-corrected chi connectivity index (χ1v) is 5.00. The third kappa shape index (κ3) is 1.59. The lowest BCUT2D eigenvalue weighted by Gasteiger charge is -2.00. The van der Waals surface area contributed by atoms with Gasteiger partial charge in [0.2, 0.25) is 0 Å². The first-order valence-electron chi connectivity index (χ1n) is 4.12. The Morgan fingerprint density at radius 2 is 2.13 bits per heavy atom. The van der Waals surface area contributed by atoms with Gasteiger partial charge in [-0.2, -0.15) is 10.5 Å². The van der Waals surface area contributed by atoms with Crippen molar-refractivity contribution < 1.29 is 0 Å². The van der Waals surface area contributed by atoms with Crippen LogP contribution in [0.4, 0.5) is 0 Å². The number of nitriles is 2. The average Bonchev–Trinajstić information content (AvgIpc) is 2.81. The lowest BCUT2D eigenvalue weighted by Crippen LogP contribution is -1.88. The molecule has 0 aliphatic carbocycles. The zero-order valence-electron chi connectivity index (χ0n) is 7.56. The molecule has 1 aromatic heterocycles. The van der Waals surface area contributed by atoms with Gasteiger partial charge in [-0.3, -0.25) is 0 Å². The third-order valence-electron chi connectivity index (χ3n) is 1.96. The number of aromatic nitrogens is 1. The molecule has 15 heavy (non-hydrogen) atoms. The minimum absolute atomic E-state index is 0.374. The summed E-state index contributed by atoms with van der Waals surface area (Å²) in [6, 6.07) is 9.17. The Labute approximate surface area is 90.9 Å². The number of hydrogen-bond acceptors (Lipinski definition) is 4. The molecule has 4 heteroatoms. The van der Waals surface area contributed by atoms with Gasteiger partial charge in [0.05, 0.1) is 16.8 Å². The minimum Gasteiger partial charge on any atom is -0.233 e. The predicted molar refractivity (Wildman–Crippen MR) is 55.8 cm³/mol. The van der Waals surface area contributed by atoms with E-state index in [2.05, 4.69) is 10.5 Å². The molecule has 1 heterocycles. The largest absolute Gasteiger partial charge is 0.233 e. The molecule has 3 nitrogen and oxygen atoms in total. The number of nitrogens with zero attached hydrogens (tertiary/aromatic N) is 3. The maximum Gasteiger partial charge on any atom is 0.152 e. The van der Waals surface area contributed by atoms with E-state index in [0.29, 0.717) is 22.4 Å². The average molecular weight is 210 g/mol. The van der Waals surface area contributed by atoms with Gasteiger partial charge >= 0.3 is 0 Å². The van der Waals surface area contributed by atoms with Crippen LogP contribution in [0.5, 0.6) is 0 Å². The Morgan fingerprint density at radius 3 is 2.73 bits per heavy atom. The molecule has 0 unspecified atom stereocenters. The van der Waals surface area contributed by atoms with Gasteiger partial charge in [-0.05, 0) is 6.07 Å². The highest BCUT2D eigenvalue weighted by molar-refractivity contribution is 7.07. The fraction of sp³-hybridized carbons (Fsp3) is 0. The molecular formula is C11H4N3S. The van der Waals surface area contributed by atoms with Gasteiger partial charge < -0.3 is 0 Å². The van der Waals surface area contributed by atoms with Crippen LogP contribution in [0.2, 0.25) is 0 Å². The van der Waals surface area contributed by atoms with E-state index in [1.54, 1.807) is 23.6 Å². The van der Waals surface area contributed by atoms with E-state index in [0.717, 1.165) is 0 Å². The van der Waals surface area contributed by atoms with Gasteiger partial charge in [0, 0.05) is 10.9 Å². The van der Waals surface area contributed by atoms with E-state index in [4.69, 9.17) is 10.5 Å². The van der Waals surface area contributed by atoms with Crippen LogP contribution in [-0.2, 0) is 0 Å². The van der Waals surface area contributed by atoms with Crippen LogP contribution in [0.15, 0.2) is 23.6 Å². The Kier molecular flexibility index (Phi) is 2.45. The van der Waals surface area contributed by atoms with Crippen LogP contribution >= 0.6 is 11.3 Å². The molecule has 1 radical (unpaired) electrons. The normalized spacial score (nSPS) is 9.20. The smallest absolute Gasteiger partial charge is 0.152 e. The second kappa shape index (κ2) is 3.91. The Balaban J connectivity index is 2.70. The van der Waals surface area contributed by atoms with E-state index in [1.807, 2.05) is 12.1 Å². The van der Waals surface area contributed by atoms with Crippen LogP contribution in [-0.4, -0.2) is 4.98 Å². The van der Waals surface area contributed by atoms with Crippen molar-refractivity contribution >= 4 is 11.3 Å². The van der Waals surface area contributed by atoms with Gasteiger partial charge in [0.25, 0.3) is 0 Å². The van der Waals surface area contributed by atoms with E-state index < -0.39 is 0 Å². The summed E-state index contributed by atoms with van der Waals surface area (Å²) in [5.74, 6) is 0. The molecular weight excluding hydrogens is 206 g/mol. The SMILES string of the molecule is N#Cc1cccc(-c2cs[c]n2)c1C#N. The van der Waals surface area contributed by atoms with Crippen molar-refractivity contribution in [2.24, 2.45) is 0 Å². The standard InChI is InChI=1S/C11H4N3S/c12-4-8-2-1-3-9(10(8)5-13)11-6-15-7-14-11/h1-3,6H. The molecule has 0 saturated carbocycles. The topological polar surface area (TPSA) is 60.5 Å². The zero-order valence-corrected chi connectivity index (χ0v) is 8.38. The highest BCUT2D eigenvalue weighted by Gasteiger charge is 2.10. The van der Waals surface area contributed by atoms with Gasteiger partial charge in [-0.1, -0.05) is 12.1 Å². The summed E-state index contributed by atoms with van der Waals surface area (Å²) in [6.07, 6.45) is 0. The molecule has 0 aliphatic rings. The summed E-state index contributed by atoms with van der Waals surface area (Å²) in [5, 5.41) is 19.6. The highest BCUT2D eigenvalue weighted by Crippen LogP contribution is 2.24. The molecule has 0 fully saturated rings.